The summed E-state index contributed by atoms with van der Waals surface area (Å²) in [6.07, 6.45) is 12.8. The number of aromatic nitrogens is 5. The first-order valence-electron chi connectivity index (χ1n) is 12.8. The van der Waals surface area contributed by atoms with E-state index < -0.39 is 16.1 Å². The summed E-state index contributed by atoms with van der Waals surface area (Å²) < 4.78 is 30.7. The van der Waals surface area contributed by atoms with Gasteiger partial charge in [-0.15, -0.1) is 0 Å². The number of nitrogens with one attached hydrogen (secondary N) is 1. The van der Waals surface area contributed by atoms with Crippen LogP contribution in [0.25, 0.3) is 22.3 Å². The van der Waals surface area contributed by atoms with Crippen molar-refractivity contribution in [3.8, 4) is 17.3 Å². The molecule has 0 spiro atoms. The van der Waals surface area contributed by atoms with Crippen molar-refractivity contribution < 1.29 is 8.42 Å². The summed E-state index contributed by atoms with van der Waals surface area (Å²) >= 11 is 0. The van der Waals surface area contributed by atoms with Crippen molar-refractivity contribution in [1.29, 1.82) is 5.26 Å². The van der Waals surface area contributed by atoms with E-state index in [2.05, 4.69) is 26.1 Å². The van der Waals surface area contributed by atoms with Crippen molar-refractivity contribution in [2.45, 2.75) is 49.5 Å². The van der Waals surface area contributed by atoms with Crippen molar-refractivity contribution in [2.75, 3.05) is 13.1 Å². The number of hydrogen-bond acceptors (Lipinski definition) is 6. The minimum absolute atomic E-state index is 0.154. The molecule has 1 aliphatic heterocycles. The van der Waals surface area contributed by atoms with Gasteiger partial charge in [-0.2, -0.15) is 14.7 Å². The summed E-state index contributed by atoms with van der Waals surface area (Å²) in [7, 11) is -3.62. The number of benzene rings is 1. The van der Waals surface area contributed by atoms with Crippen LogP contribution < -0.4 is 0 Å². The molecule has 3 atom stereocenters. The molecule has 2 aliphatic rings. The zero-order valence-electron chi connectivity index (χ0n) is 20.5. The summed E-state index contributed by atoms with van der Waals surface area (Å²) in [5.74, 6) is 1.12. The number of nitriles is 1. The summed E-state index contributed by atoms with van der Waals surface area (Å²) in [5, 5.41) is 15.0. The van der Waals surface area contributed by atoms with E-state index in [4.69, 9.17) is 0 Å². The van der Waals surface area contributed by atoms with E-state index >= 15 is 0 Å². The van der Waals surface area contributed by atoms with Crippen LogP contribution in [0.5, 0.6) is 0 Å². The maximum absolute atomic E-state index is 13.6. The van der Waals surface area contributed by atoms with Gasteiger partial charge in [-0.05, 0) is 48.4 Å². The van der Waals surface area contributed by atoms with Gasteiger partial charge in [-0.1, -0.05) is 31.4 Å². The first-order valence-corrected chi connectivity index (χ1v) is 14.3. The van der Waals surface area contributed by atoms with Crippen molar-refractivity contribution >= 4 is 21.1 Å². The Morgan fingerprint density at radius 1 is 1.14 bits per heavy atom. The SMILES string of the molecule is N#CCC(c1cccc(S(=O)(=O)N2CCC3CCCCC3C2)c1)n1cc(-c2ncnc3[nH]ccc23)cn1. The molecule has 0 bridgehead atoms. The molecule has 4 aromatic rings. The van der Waals surface area contributed by atoms with E-state index in [0.717, 1.165) is 40.7 Å². The second kappa shape index (κ2) is 9.72. The normalized spacial score (nSPS) is 21.4. The molecular formula is C27H29N7O2S. The van der Waals surface area contributed by atoms with Gasteiger partial charge in [0.2, 0.25) is 10.0 Å². The minimum atomic E-state index is -3.62. The first kappa shape index (κ1) is 23.8. The summed E-state index contributed by atoms with van der Waals surface area (Å²) in [5.41, 5.74) is 3.02. The van der Waals surface area contributed by atoms with Crippen LogP contribution in [-0.4, -0.2) is 50.5 Å². The second-order valence-corrected chi connectivity index (χ2v) is 12.0. The van der Waals surface area contributed by atoms with Crippen LogP contribution in [0.2, 0.25) is 0 Å². The molecule has 4 heterocycles. The minimum Gasteiger partial charge on any atom is -0.346 e. The van der Waals surface area contributed by atoms with Crippen LogP contribution in [0.3, 0.4) is 0 Å². The van der Waals surface area contributed by atoms with Gasteiger partial charge in [0.1, 0.15) is 12.0 Å². The quantitative estimate of drug-likeness (QED) is 0.403. The average molecular weight is 516 g/mol. The Kier molecular flexibility index (Phi) is 6.26. The molecule has 0 radical (unpaired) electrons. The number of hydrogen-bond donors (Lipinski definition) is 1. The van der Waals surface area contributed by atoms with Gasteiger partial charge >= 0.3 is 0 Å². The molecule has 190 valence electrons. The molecule has 1 aliphatic carbocycles. The highest BCUT2D eigenvalue weighted by molar-refractivity contribution is 7.89. The summed E-state index contributed by atoms with van der Waals surface area (Å²) in [6, 6.07) is 10.7. The third-order valence-corrected chi connectivity index (χ3v) is 9.83. The Hall–Kier alpha value is -3.55. The highest BCUT2D eigenvalue weighted by Crippen LogP contribution is 2.38. The molecule has 1 aromatic carbocycles. The lowest BCUT2D eigenvalue weighted by Gasteiger charge is -2.40. The highest BCUT2D eigenvalue weighted by Gasteiger charge is 2.36. The van der Waals surface area contributed by atoms with Crippen LogP contribution in [0.15, 0.2) is 60.1 Å². The van der Waals surface area contributed by atoms with E-state index in [0.29, 0.717) is 24.9 Å². The summed E-state index contributed by atoms with van der Waals surface area (Å²) in [6.45, 7) is 1.18. The fraction of sp³-hybridized carbons (Fsp3) is 0.407. The lowest BCUT2D eigenvalue weighted by molar-refractivity contribution is 0.136. The standard InChI is InChI=1S/C27H29N7O2S/c28-11-8-25(34-17-22(15-32-34)26-24-9-12-29-27(24)31-18-30-26)20-6-3-7-23(14-20)37(35,36)33-13-10-19-4-1-2-5-21(19)16-33/h3,6-7,9,12,14-15,17-19,21,25H,1-2,4-5,8,10,13,16H2,(H,29,30,31). The predicted molar refractivity (Wildman–Crippen MR) is 139 cm³/mol. The maximum Gasteiger partial charge on any atom is 0.243 e. The zero-order chi connectivity index (χ0) is 25.4. The lowest BCUT2D eigenvalue weighted by atomic mass is 9.76. The van der Waals surface area contributed by atoms with Gasteiger partial charge in [0.05, 0.1) is 35.3 Å². The third-order valence-electron chi connectivity index (χ3n) is 7.97. The molecular weight excluding hydrogens is 486 g/mol. The van der Waals surface area contributed by atoms with Gasteiger partial charge in [0.15, 0.2) is 0 Å². The average Bonchev–Trinajstić information content (AvgIpc) is 3.61. The Morgan fingerprint density at radius 2 is 2.00 bits per heavy atom. The van der Waals surface area contributed by atoms with Crippen molar-refractivity contribution in [2.24, 2.45) is 11.8 Å². The van der Waals surface area contributed by atoms with Crippen LogP contribution in [0.4, 0.5) is 0 Å². The van der Waals surface area contributed by atoms with Gasteiger partial charge in [-0.25, -0.2) is 18.4 Å². The molecule has 1 N–H and O–H groups in total. The van der Waals surface area contributed by atoms with Gasteiger partial charge in [-0.3, -0.25) is 4.68 Å². The van der Waals surface area contributed by atoms with Crippen LogP contribution in [0, 0.1) is 23.2 Å². The lowest BCUT2D eigenvalue weighted by Crippen LogP contribution is -2.44. The number of H-pyrrole nitrogens is 1. The first-order chi connectivity index (χ1) is 18.0. The molecule has 9 nitrogen and oxygen atoms in total. The van der Waals surface area contributed by atoms with Gasteiger partial charge < -0.3 is 4.98 Å². The van der Waals surface area contributed by atoms with Crippen LogP contribution in [-0.2, 0) is 10.0 Å². The maximum atomic E-state index is 13.6. The van der Waals surface area contributed by atoms with Crippen LogP contribution >= 0.6 is 0 Å². The van der Waals surface area contributed by atoms with Gasteiger partial charge in [0.25, 0.3) is 0 Å². The van der Waals surface area contributed by atoms with Crippen molar-refractivity contribution in [1.82, 2.24) is 29.0 Å². The molecule has 3 aromatic heterocycles. The Balaban J connectivity index is 1.30. The predicted octanol–water partition coefficient (Wildman–Crippen LogP) is 4.53. The largest absolute Gasteiger partial charge is 0.346 e. The Bertz CT molecular complexity index is 1570. The van der Waals surface area contributed by atoms with Crippen molar-refractivity contribution in [3.63, 3.8) is 0 Å². The van der Waals surface area contributed by atoms with Crippen LogP contribution in [0.1, 0.15) is 50.1 Å². The Morgan fingerprint density at radius 3 is 2.86 bits per heavy atom. The van der Waals surface area contributed by atoms with E-state index in [-0.39, 0.29) is 11.3 Å². The van der Waals surface area contributed by atoms with E-state index in [1.54, 1.807) is 33.4 Å². The Labute approximate surface area is 216 Å². The van der Waals surface area contributed by atoms with E-state index in [9.17, 15) is 13.7 Å². The molecule has 1 saturated carbocycles. The fourth-order valence-electron chi connectivity index (χ4n) is 6.00. The highest BCUT2D eigenvalue weighted by atomic mass is 32.2. The van der Waals surface area contributed by atoms with Gasteiger partial charge in [0, 0.05) is 36.4 Å². The fourth-order valence-corrected chi connectivity index (χ4v) is 7.57. The molecule has 3 unspecified atom stereocenters. The van der Waals surface area contributed by atoms with E-state index in [1.807, 2.05) is 24.5 Å². The number of aromatic amines is 1. The summed E-state index contributed by atoms with van der Waals surface area (Å²) in [4.78, 5) is 12.0. The molecule has 0 amide bonds. The monoisotopic (exact) mass is 515 g/mol. The third kappa shape index (κ3) is 4.43. The molecule has 6 rings (SSSR count). The number of fused-ring (bicyclic) bond motifs is 2. The molecule has 37 heavy (non-hydrogen) atoms. The number of sulfonamides is 1. The number of nitrogens with zero attached hydrogens (tertiary/aromatic N) is 6. The zero-order valence-corrected chi connectivity index (χ0v) is 21.3. The topological polar surface area (TPSA) is 121 Å². The second-order valence-electron chi connectivity index (χ2n) is 10.1. The number of piperidine rings is 1. The van der Waals surface area contributed by atoms with E-state index in [1.165, 1.54) is 25.6 Å². The smallest absolute Gasteiger partial charge is 0.243 e. The molecule has 2 fully saturated rings. The molecule has 1 saturated heterocycles. The molecule has 10 heteroatoms. The number of rotatable bonds is 6. The van der Waals surface area contributed by atoms with Crippen molar-refractivity contribution in [3.05, 3.63) is 60.8 Å².